The molecule has 0 bridgehead atoms. The number of aliphatic hydroxyl groups is 1. The fraction of sp³-hybridized carbons (Fsp3) is 0.265. The first-order valence-corrected chi connectivity index (χ1v) is 16.2. The summed E-state index contributed by atoms with van der Waals surface area (Å²) in [4.78, 5) is 41.4. The number of aliphatic hydroxyl groups excluding tert-OH is 1. The van der Waals surface area contributed by atoms with Crippen molar-refractivity contribution in [2.75, 3.05) is 32.8 Å². The van der Waals surface area contributed by atoms with Crippen LogP contribution in [0.1, 0.15) is 28.1 Å². The van der Waals surface area contributed by atoms with Crippen LogP contribution in [0.5, 0.6) is 5.75 Å². The number of hydrogen-bond acceptors (Lipinski definition) is 6. The molecule has 8 nitrogen and oxygen atoms in total. The lowest BCUT2D eigenvalue weighted by atomic mass is 9.73. The van der Waals surface area contributed by atoms with Gasteiger partial charge in [0.2, 0.25) is 11.8 Å². The van der Waals surface area contributed by atoms with Gasteiger partial charge in [-0.05, 0) is 60.7 Å². The summed E-state index contributed by atoms with van der Waals surface area (Å²) in [5.41, 5.74) is 7.92. The van der Waals surface area contributed by atoms with Gasteiger partial charge in [-0.1, -0.05) is 65.7 Å². The first kappa shape index (κ1) is 33.4. The lowest BCUT2D eigenvalue weighted by Crippen LogP contribution is -2.49. The highest BCUT2D eigenvalue weighted by molar-refractivity contribution is 7.18. The van der Waals surface area contributed by atoms with E-state index < -0.39 is 23.8 Å². The second-order valence-electron chi connectivity index (χ2n) is 11.0. The minimum atomic E-state index is -0.883. The normalized spacial score (nSPS) is 14.1. The van der Waals surface area contributed by atoms with Crippen LogP contribution in [-0.2, 0) is 16.0 Å². The number of primary amides is 1. The van der Waals surface area contributed by atoms with E-state index in [9.17, 15) is 18.8 Å². The molecule has 1 aliphatic heterocycles. The molecule has 2 heterocycles. The number of piperidine rings is 1. The SMILES string of the molecule is NC(=O)C1(Cc2ccc(F)cc2)CCN(C(=O)c2sc(-c3ccccc3Cl)c(-c3ccc(Cl)cc3)c2OCCNC(=O)CO)CC1. The average Bonchev–Trinajstić information content (AvgIpc) is 3.43. The zero-order chi connectivity index (χ0) is 32.8. The van der Waals surface area contributed by atoms with Crippen molar-refractivity contribution in [3.8, 4) is 27.3 Å². The van der Waals surface area contributed by atoms with E-state index in [4.69, 9.17) is 38.8 Å². The van der Waals surface area contributed by atoms with Crippen molar-refractivity contribution in [3.05, 3.63) is 99.1 Å². The Morgan fingerprint density at radius 3 is 2.30 bits per heavy atom. The molecule has 0 saturated carbocycles. The summed E-state index contributed by atoms with van der Waals surface area (Å²) in [5.74, 6) is -1.33. The fourth-order valence-electron chi connectivity index (χ4n) is 5.59. The third-order valence-electron chi connectivity index (χ3n) is 8.11. The van der Waals surface area contributed by atoms with Crippen molar-refractivity contribution in [1.82, 2.24) is 10.2 Å². The zero-order valence-corrected chi connectivity index (χ0v) is 27.1. The summed E-state index contributed by atoms with van der Waals surface area (Å²) in [5, 5.41) is 12.7. The lowest BCUT2D eigenvalue weighted by Gasteiger charge is -2.39. The van der Waals surface area contributed by atoms with E-state index in [1.54, 1.807) is 35.2 Å². The third kappa shape index (κ3) is 7.36. The second kappa shape index (κ2) is 14.6. The van der Waals surface area contributed by atoms with Crippen LogP contribution >= 0.6 is 34.5 Å². The Morgan fingerprint density at radius 2 is 1.67 bits per heavy atom. The van der Waals surface area contributed by atoms with Crippen molar-refractivity contribution in [3.63, 3.8) is 0 Å². The van der Waals surface area contributed by atoms with Gasteiger partial charge in [0.15, 0.2) is 5.75 Å². The van der Waals surface area contributed by atoms with Crippen molar-refractivity contribution < 1.29 is 28.6 Å². The van der Waals surface area contributed by atoms with Crippen LogP contribution in [0.4, 0.5) is 4.39 Å². The minimum Gasteiger partial charge on any atom is -0.489 e. The van der Waals surface area contributed by atoms with Gasteiger partial charge in [-0.15, -0.1) is 11.3 Å². The van der Waals surface area contributed by atoms with E-state index in [-0.39, 0.29) is 38.0 Å². The van der Waals surface area contributed by atoms with E-state index in [1.807, 2.05) is 30.3 Å². The summed E-state index contributed by atoms with van der Waals surface area (Å²) in [7, 11) is 0. The number of carbonyl (C=O) groups excluding carboxylic acids is 3. The number of nitrogens with zero attached hydrogens (tertiary/aromatic N) is 1. The minimum absolute atomic E-state index is 0.0216. The van der Waals surface area contributed by atoms with Crippen LogP contribution in [0.3, 0.4) is 0 Å². The monoisotopic (exact) mass is 683 g/mol. The number of nitrogens with two attached hydrogens (primary N) is 1. The van der Waals surface area contributed by atoms with E-state index in [0.717, 1.165) is 11.1 Å². The van der Waals surface area contributed by atoms with Crippen LogP contribution in [-0.4, -0.2) is 60.6 Å². The molecule has 1 saturated heterocycles. The molecule has 4 N–H and O–H groups in total. The molecule has 0 spiro atoms. The first-order chi connectivity index (χ1) is 22.1. The van der Waals surface area contributed by atoms with E-state index in [1.165, 1.54) is 23.5 Å². The summed E-state index contributed by atoms with van der Waals surface area (Å²) < 4.78 is 19.8. The molecule has 4 aromatic rings. The van der Waals surface area contributed by atoms with E-state index in [2.05, 4.69) is 5.32 Å². The zero-order valence-electron chi connectivity index (χ0n) is 24.7. The third-order valence-corrected chi connectivity index (χ3v) is 9.88. The highest BCUT2D eigenvalue weighted by atomic mass is 35.5. The van der Waals surface area contributed by atoms with Crippen molar-refractivity contribution in [2.24, 2.45) is 11.1 Å². The Balaban J connectivity index is 1.51. The predicted octanol–water partition coefficient (Wildman–Crippen LogP) is 5.97. The summed E-state index contributed by atoms with van der Waals surface area (Å²) >= 11 is 14.1. The summed E-state index contributed by atoms with van der Waals surface area (Å²) in [6.07, 6.45) is 1.01. The molecule has 0 aliphatic carbocycles. The number of likely N-dealkylation sites (tertiary alicyclic amines) is 1. The number of carbonyl (C=O) groups is 3. The molecule has 1 aromatic heterocycles. The topological polar surface area (TPSA) is 122 Å². The molecule has 3 aromatic carbocycles. The number of nitrogens with one attached hydrogen (secondary N) is 1. The maximum Gasteiger partial charge on any atom is 0.267 e. The van der Waals surface area contributed by atoms with E-state index >= 15 is 0 Å². The van der Waals surface area contributed by atoms with Gasteiger partial charge in [0.25, 0.3) is 5.91 Å². The maximum absolute atomic E-state index is 14.3. The molecular weight excluding hydrogens is 652 g/mol. The van der Waals surface area contributed by atoms with E-state index in [0.29, 0.717) is 55.9 Å². The predicted molar refractivity (Wildman–Crippen MR) is 178 cm³/mol. The molecule has 3 amide bonds. The molecule has 46 heavy (non-hydrogen) atoms. The quantitative estimate of drug-likeness (QED) is 0.168. The summed E-state index contributed by atoms with van der Waals surface area (Å²) in [6, 6.07) is 20.4. The molecule has 0 unspecified atom stereocenters. The van der Waals surface area contributed by atoms with Crippen molar-refractivity contribution >= 4 is 52.3 Å². The highest BCUT2D eigenvalue weighted by Crippen LogP contribution is 2.50. The molecule has 5 rings (SSSR count). The first-order valence-electron chi connectivity index (χ1n) is 14.6. The van der Waals surface area contributed by atoms with Crippen LogP contribution in [0.25, 0.3) is 21.6 Å². The van der Waals surface area contributed by atoms with Gasteiger partial charge in [-0.3, -0.25) is 14.4 Å². The smallest absolute Gasteiger partial charge is 0.267 e. The highest BCUT2D eigenvalue weighted by Gasteiger charge is 2.42. The molecule has 0 radical (unpaired) electrons. The number of hydrogen-bond donors (Lipinski definition) is 3. The fourth-order valence-corrected chi connectivity index (χ4v) is 7.28. The summed E-state index contributed by atoms with van der Waals surface area (Å²) in [6.45, 7) is -0.000726. The molecule has 12 heteroatoms. The Morgan fingerprint density at radius 1 is 1.00 bits per heavy atom. The largest absolute Gasteiger partial charge is 0.489 e. The van der Waals surface area contributed by atoms with Gasteiger partial charge in [-0.25, -0.2) is 4.39 Å². The molecule has 0 atom stereocenters. The van der Waals surface area contributed by atoms with Crippen LogP contribution in [0, 0.1) is 11.2 Å². The molecule has 1 aliphatic rings. The number of amides is 3. The second-order valence-corrected chi connectivity index (χ2v) is 12.9. The van der Waals surface area contributed by atoms with Gasteiger partial charge >= 0.3 is 0 Å². The number of thiophene rings is 1. The molecule has 1 fully saturated rings. The molecular formula is C34H32Cl2FN3O5S. The van der Waals surface area contributed by atoms with Gasteiger partial charge in [0.1, 0.15) is 23.9 Å². The van der Waals surface area contributed by atoms with Gasteiger partial charge in [-0.2, -0.15) is 0 Å². The van der Waals surface area contributed by atoms with Gasteiger partial charge < -0.3 is 25.8 Å². The number of ether oxygens (including phenoxy) is 1. The lowest BCUT2D eigenvalue weighted by molar-refractivity contribution is -0.130. The van der Waals surface area contributed by atoms with Gasteiger partial charge in [0, 0.05) is 39.1 Å². The number of rotatable bonds is 11. The van der Waals surface area contributed by atoms with Crippen LogP contribution in [0.2, 0.25) is 10.0 Å². The number of benzene rings is 3. The maximum atomic E-state index is 14.3. The Labute approximate surface area is 279 Å². The average molecular weight is 685 g/mol. The standard InChI is InChI=1S/C34H32Cl2FN3O5S/c35-23-9-7-22(8-10-23)28-29(45-18-15-39-27(42)20-41)31(46-30(28)25-3-1-2-4-26(25)36)32(43)40-16-13-34(14-17-40,33(38)44)19-21-5-11-24(37)12-6-21/h1-12,41H,13-20H2,(H2,38,44)(H,39,42). The number of halogens is 3. The van der Waals surface area contributed by atoms with Crippen molar-refractivity contribution in [1.29, 1.82) is 0 Å². The molecule has 240 valence electrons. The van der Waals surface area contributed by atoms with Crippen LogP contribution < -0.4 is 15.8 Å². The Bertz CT molecular complexity index is 1720. The van der Waals surface area contributed by atoms with Crippen LogP contribution in [0.15, 0.2) is 72.8 Å². The van der Waals surface area contributed by atoms with Crippen molar-refractivity contribution in [2.45, 2.75) is 19.3 Å². The van der Waals surface area contributed by atoms with Gasteiger partial charge in [0.05, 0.1) is 12.0 Å². The Hall–Kier alpha value is -3.96. The Kier molecular flexibility index (Phi) is 10.6.